The van der Waals surface area contributed by atoms with Crippen molar-refractivity contribution in [2.24, 2.45) is 5.92 Å². The Morgan fingerprint density at radius 3 is 2.33 bits per heavy atom. The number of nitrogen functional groups attached to an aromatic ring is 1. The predicted octanol–water partition coefficient (Wildman–Crippen LogP) is 0.980. The summed E-state index contributed by atoms with van der Waals surface area (Å²) in [6.07, 6.45) is 1.27. The minimum Gasteiger partial charge on any atom is -0.383 e. The molecule has 0 saturated carbocycles. The summed E-state index contributed by atoms with van der Waals surface area (Å²) < 4.78 is 26.9. The standard InChI is InChI=1S/C13H27N5O2S/c1-5-17(6-2)7-8-18(10-11(3)4)21(19,20)12-9-15-16-13(12)14/h9,11H,5-8,10H2,1-4H3,(H3,14,15,16). The molecule has 0 aliphatic carbocycles. The van der Waals surface area contributed by atoms with Crippen LogP contribution in [0.15, 0.2) is 11.1 Å². The van der Waals surface area contributed by atoms with Gasteiger partial charge in [0.25, 0.3) is 0 Å². The van der Waals surface area contributed by atoms with Gasteiger partial charge in [-0.25, -0.2) is 8.42 Å². The van der Waals surface area contributed by atoms with E-state index in [-0.39, 0.29) is 16.6 Å². The molecule has 1 aromatic rings. The number of hydrogen-bond donors (Lipinski definition) is 2. The van der Waals surface area contributed by atoms with Crippen LogP contribution in [-0.2, 0) is 10.0 Å². The van der Waals surface area contributed by atoms with Crippen LogP contribution in [0.25, 0.3) is 0 Å². The van der Waals surface area contributed by atoms with Crippen LogP contribution in [0.4, 0.5) is 5.82 Å². The van der Waals surface area contributed by atoms with E-state index in [1.807, 2.05) is 13.8 Å². The molecule has 0 aliphatic heterocycles. The van der Waals surface area contributed by atoms with Crippen LogP contribution in [0.3, 0.4) is 0 Å². The molecule has 3 N–H and O–H groups in total. The van der Waals surface area contributed by atoms with Crippen LogP contribution in [0.2, 0.25) is 0 Å². The second-order valence-corrected chi connectivity index (χ2v) is 7.34. The van der Waals surface area contributed by atoms with E-state index in [0.29, 0.717) is 19.6 Å². The fourth-order valence-corrected chi connectivity index (χ4v) is 3.74. The summed E-state index contributed by atoms with van der Waals surface area (Å²) in [5, 5.41) is 6.19. The lowest BCUT2D eigenvalue weighted by atomic mass is 10.2. The quantitative estimate of drug-likeness (QED) is 0.708. The fourth-order valence-electron chi connectivity index (χ4n) is 2.14. The van der Waals surface area contributed by atoms with Crippen LogP contribution in [0, 0.1) is 5.92 Å². The number of nitrogens with zero attached hydrogens (tertiary/aromatic N) is 3. The van der Waals surface area contributed by atoms with E-state index in [9.17, 15) is 8.42 Å². The summed E-state index contributed by atoms with van der Waals surface area (Å²) in [4.78, 5) is 2.25. The average molecular weight is 317 g/mol. The molecule has 122 valence electrons. The Morgan fingerprint density at radius 2 is 1.90 bits per heavy atom. The highest BCUT2D eigenvalue weighted by Gasteiger charge is 2.28. The Bertz CT molecular complexity index is 522. The van der Waals surface area contributed by atoms with Gasteiger partial charge in [-0.15, -0.1) is 0 Å². The maximum Gasteiger partial charge on any atom is 0.248 e. The smallest absolute Gasteiger partial charge is 0.248 e. The first kappa shape index (κ1) is 17.9. The molecule has 0 bridgehead atoms. The zero-order valence-electron chi connectivity index (χ0n) is 13.3. The van der Waals surface area contributed by atoms with E-state index in [1.54, 1.807) is 0 Å². The Kier molecular flexibility index (Phi) is 6.63. The Balaban J connectivity index is 2.94. The molecule has 0 aromatic carbocycles. The van der Waals surface area contributed by atoms with Crippen LogP contribution >= 0.6 is 0 Å². The largest absolute Gasteiger partial charge is 0.383 e. The SMILES string of the molecule is CCN(CC)CCN(CC(C)C)S(=O)(=O)c1cn[nH]c1N. The maximum atomic E-state index is 12.7. The van der Waals surface area contributed by atoms with Crippen LogP contribution in [0.5, 0.6) is 0 Å². The summed E-state index contributed by atoms with van der Waals surface area (Å²) in [7, 11) is -3.61. The molecule has 0 aliphatic rings. The van der Waals surface area contributed by atoms with E-state index >= 15 is 0 Å². The lowest BCUT2D eigenvalue weighted by molar-refractivity contribution is 0.262. The van der Waals surface area contributed by atoms with Crippen molar-refractivity contribution in [1.82, 2.24) is 19.4 Å². The van der Waals surface area contributed by atoms with E-state index < -0.39 is 10.0 Å². The molecule has 0 unspecified atom stereocenters. The van der Waals surface area contributed by atoms with Gasteiger partial charge in [-0.3, -0.25) is 5.10 Å². The molecular weight excluding hydrogens is 290 g/mol. The van der Waals surface area contributed by atoms with Crippen molar-refractivity contribution in [3.05, 3.63) is 6.20 Å². The van der Waals surface area contributed by atoms with Crippen molar-refractivity contribution < 1.29 is 8.42 Å². The molecule has 1 heterocycles. The number of hydrogen-bond acceptors (Lipinski definition) is 5. The highest BCUT2D eigenvalue weighted by atomic mass is 32.2. The van der Waals surface area contributed by atoms with Gasteiger partial charge in [-0.1, -0.05) is 27.7 Å². The molecular formula is C13H27N5O2S. The van der Waals surface area contributed by atoms with Gasteiger partial charge in [0.1, 0.15) is 10.7 Å². The molecule has 0 amide bonds. The second kappa shape index (κ2) is 7.77. The van der Waals surface area contributed by atoms with Gasteiger partial charge in [-0.05, 0) is 19.0 Å². The monoisotopic (exact) mass is 317 g/mol. The molecule has 0 saturated heterocycles. The van der Waals surface area contributed by atoms with Gasteiger partial charge >= 0.3 is 0 Å². The molecule has 7 nitrogen and oxygen atoms in total. The molecule has 8 heteroatoms. The van der Waals surface area contributed by atoms with Crippen molar-refractivity contribution >= 4 is 15.8 Å². The summed E-state index contributed by atoms with van der Waals surface area (Å²) in [6.45, 7) is 11.6. The van der Waals surface area contributed by atoms with Gasteiger partial charge < -0.3 is 10.6 Å². The maximum absolute atomic E-state index is 12.7. The fraction of sp³-hybridized carbons (Fsp3) is 0.769. The molecule has 0 spiro atoms. The zero-order valence-corrected chi connectivity index (χ0v) is 14.2. The van der Waals surface area contributed by atoms with Gasteiger partial charge in [0.15, 0.2) is 0 Å². The average Bonchev–Trinajstić information content (AvgIpc) is 2.85. The van der Waals surface area contributed by atoms with Crippen molar-refractivity contribution in [2.45, 2.75) is 32.6 Å². The third-order valence-electron chi connectivity index (χ3n) is 3.38. The van der Waals surface area contributed by atoms with Gasteiger partial charge in [0.2, 0.25) is 10.0 Å². The third-order valence-corrected chi connectivity index (χ3v) is 5.27. The van der Waals surface area contributed by atoms with Crippen molar-refractivity contribution in [2.75, 3.05) is 38.5 Å². The number of nitrogens with one attached hydrogen (secondary N) is 1. The van der Waals surface area contributed by atoms with E-state index in [2.05, 4.69) is 28.9 Å². The molecule has 21 heavy (non-hydrogen) atoms. The van der Waals surface area contributed by atoms with Crippen LogP contribution in [0.1, 0.15) is 27.7 Å². The van der Waals surface area contributed by atoms with E-state index in [4.69, 9.17) is 5.73 Å². The van der Waals surface area contributed by atoms with Crippen molar-refractivity contribution in [3.8, 4) is 0 Å². The summed E-state index contributed by atoms with van der Waals surface area (Å²) in [6, 6.07) is 0. The number of nitrogens with two attached hydrogens (primary N) is 1. The molecule has 1 aromatic heterocycles. The minimum absolute atomic E-state index is 0.0581. The van der Waals surface area contributed by atoms with Gasteiger partial charge in [-0.2, -0.15) is 9.40 Å². The van der Waals surface area contributed by atoms with Gasteiger partial charge in [0, 0.05) is 19.6 Å². The summed E-state index contributed by atoms with van der Waals surface area (Å²) in [5.74, 6) is 0.330. The molecule has 0 fully saturated rings. The predicted molar refractivity (Wildman–Crippen MR) is 84.4 cm³/mol. The lowest BCUT2D eigenvalue weighted by Gasteiger charge is -2.26. The lowest BCUT2D eigenvalue weighted by Crippen LogP contribution is -2.40. The highest BCUT2D eigenvalue weighted by Crippen LogP contribution is 2.20. The first-order valence-electron chi connectivity index (χ1n) is 7.34. The molecule has 0 atom stereocenters. The highest BCUT2D eigenvalue weighted by molar-refractivity contribution is 7.89. The number of aromatic amines is 1. The number of H-pyrrole nitrogens is 1. The number of likely N-dealkylation sites (N-methyl/N-ethyl adjacent to an activating group) is 1. The third kappa shape index (κ3) is 4.69. The number of aromatic nitrogens is 2. The van der Waals surface area contributed by atoms with Gasteiger partial charge in [0.05, 0.1) is 6.20 Å². The normalized spacial score (nSPS) is 12.7. The first-order chi connectivity index (χ1) is 9.82. The number of rotatable bonds is 9. The summed E-state index contributed by atoms with van der Waals surface area (Å²) >= 11 is 0. The Morgan fingerprint density at radius 1 is 1.29 bits per heavy atom. The van der Waals surface area contributed by atoms with Crippen molar-refractivity contribution in [1.29, 1.82) is 0 Å². The van der Waals surface area contributed by atoms with Crippen molar-refractivity contribution in [3.63, 3.8) is 0 Å². The van der Waals surface area contributed by atoms with Crippen LogP contribution in [-0.4, -0.2) is 60.5 Å². The second-order valence-electron chi connectivity index (χ2n) is 5.43. The molecule has 0 radical (unpaired) electrons. The Labute approximate surface area is 127 Å². The zero-order chi connectivity index (χ0) is 16.0. The Hall–Kier alpha value is -1.12. The van der Waals surface area contributed by atoms with E-state index in [1.165, 1.54) is 10.5 Å². The minimum atomic E-state index is -3.61. The number of sulfonamides is 1. The summed E-state index contributed by atoms with van der Waals surface area (Å²) in [5.41, 5.74) is 5.67. The topological polar surface area (TPSA) is 95.3 Å². The molecule has 1 rings (SSSR count). The van der Waals surface area contributed by atoms with E-state index in [0.717, 1.165) is 13.1 Å². The first-order valence-corrected chi connectivity index (χ1v) is 8.78. The van der Waals surface area contributed by atoms with Crippen LogP contribution < -0.4 is 5.73 Å². The number of anilines is 1.